The molecule has 122 valence electrons. The second-order valence-electron chi connectivity index (χ2n) is 4.89. The number of alkyl halides is 2. The first-order valence-electron chi connectivity index (χ1n) is 6.65. The van der Waals surface area contributed by atoms with Gasteiger partial charge in [-0.15, -0.1) is 0 Å². The third-order valence-corrected chi connectivity index (χ3v) is 3.60. The van der Waals surface area contributed by atoms with Gasteiger partial charge in [0.2, 0.25) is 11.8 Å². The molecule has 0 aromatic heterocycles. The molecule has 0 aliphatic rings. The fraction of sp³-hybridized carbons (Fsp3) is 0.429. The molecule has 0 aliphatic heterocycles. The quantitative estimate of drug-likeness (QED) is 0.716. The van der Waals surface area contributed by atoms with Gasteiger partial charge in [-0.05, 0) is 26.0 Å². The van der Waals surface area contributed by atoms with Gasteiger partial charge < -0.3 is 11.1 Å². The van der Waals surface area contributed by atoms with E-state index in [1.165, 1.54) is 6.07 Å². The maximum Gasteiger partial charge on any atom is 0.288 e. The summed E-state index contributed by atoms with van der Waals surface area (Å²) in [4.78, 5) is 24.9. The Balaban J connectivity index is 2.73. The van der Waals surface area contributed by atoms with Gasteiger partial charge in [0.05, 0.1) is 18.8 Å². The highest BCUT2D eigenvalue weighted by Gasteiger charge is 2.17. The smallest absolute Gasteiger partial charge is 0.288 e. The van der Waals surface area contributed by atoms with Gasteiger partial charge in [-0.3, -0.25) is 14.5 Å². The molecule has 3 N–H and O–H groups in total. The summed E-state index contributed by atoms with van der Waals surface area (Å²) in [6.45, 7) is 3.57. The van der Waals surface area contributed by atoms with E-state index in [2.05, 4.69) is 5.32 Å². The summed E-state index contributed by atoms with van der Waals surface area (Å²) in [5, 5.41) is 2.59. The Morgan fingerprint density at radius 1 is 1.27 bits per heavy atom. The summed E-state index contributed by atoms with van der Waals surface area (Å²) < 4.78 is 25.0. The zero-order chi connectivity index (χ0) is 16.7. The zero-order valence-electron chi connectivity index (χ0n) is 12.4. The molecular weight excluding hydrogens is 312 g/mol. The summed E-state index contributed by atoms with van der Waals surface area (Å²) in [7, 11) is 0. The SMILES string of the molecule is CC(C)N(CC(N)=O)CC(=O)Nc1ccccc1SC(F)F. The van der Waals surface area contributed by atoms with Crippen LogP contribution in [0.3, 0.4) is 0 Å². The molecule has 0 spiro atoms. The predicted molar refractivity (Wildman–Crippen MR) is 82.8 cm³/mol. The number of nitrogens with two attached hydrogens (primary N) is 1. The summed E-state index contributed by atoms with van der Waals surface area (Å²) in [6.07, 6.45) is 0. The molecule has 0 saturated carbocycles. The van der Waals surface area contributed by atoms with E-state index in [1.807, 2.05) is 13.8 Å². The molecule has 1 aromatic carbocycles. The van der Waals surface area contributed by atoms with Crippen LogP contribution in [0.5, 0.6) is 0 Å². The van der Waals surface area contributed by atoms with E-state index in [-0.39, 0.29) is 24.0 Å². The molecule has 0 unspecified atom stereocenters. The van der Waals surface area contributed by atoms with Gasteiger partial charge >= 0.3 is 0 Å². The minimum Gasteiger partial charge on any atom is -0.369 e. The molecule has 22 heavy (non-hydrogen) atoms. The van der Waals surface area contributed by atoms with Gasteiger partial charge in [0.15, 0.2) is 0 Å². The molecule has 5 nitrogen and oxygen atoms in total. The van der Waals surface area contributed by atoms with Crippen molar-refractivity contribution in [1.29, 1.82) is 0 Å². The maximum absolute atomic E-state index is 12.5. The number of rotatable bonds is 8. The molecule has 0 fully saturated rings. The van der Waals surface area contributed by atoms with E-state index in [9.17, 15) is 18.4 Å². The first kappa shape index (κ1) is 18.4. The molecule has 1 aromatic rings. The first-order valence-corrected chi connectivity index (χ1v) is 7.53. The van der Waals surface area contributed by atoms with Crippen LogP contribution in [0.4, 0.5) is 14.5 Å². The predicted octanol–water partition coefficient (Wildman–Crippen LogP) is 2.14. The fourth-order valence-corrected chi connectivity index (χ4v) is 2.36. The number of hydrogen-bond acceptors (Lipinski definition) is 4. The number of carbonyl (C=O) groups is 2. The van der Waals surface area contributed by atoms with Crippen molar-refractivity contribution in [3.05, 3.63) is 24.3 Å². The van der Waals surface area contributed by atoms with E-state index in [1.54, 1.807) is 23.1 Å². The van der Waals surface area contributed by atoms with Gasteiger partial charge in [-0.25, -0.2) is 0 Å². The number of amides is 2. The lowest BCUT2D eigenvalue weighted by atomic mass is 10.3. The molecular formula is C14H19F2N3O2S. The minimum absolute atomic E-state index is 0.0431. The van der Waals surface area contributed by atoms with Crippen LogP contribution in [0.25, 0.3) is 0 Å². The lowest BCUT2D eigenvalue weighted by Gasteiger charge is -2.24. The topological polar surface area (TPSA) is 75.4 Å². The van der Waals surface area contributed by atoms with E-state index in [0.717, 1.165) is 0 Å². The number of nitrogens with one attached hydrogen (secondary N) is 1. The highest BCUT2D eigenvalue weighted by Crippen LogP contribution is 2.31. The standard InChI is InChI=1S/C14H19F2N3O2S/c1-9(2)19(7-12(17)20)8-13(21)18-10-5-3-4-6-11(10)22-14(15)16/h3-6,9,14H,7-8H2,1-2H3,(H2,17,20)(H,18,21). The number of hydrogen-bond donors (Lipinski definition) is 2. The van der Waals surface area contributed by atoms with Gasteiger partial charge in [-0.1, -0.05) is 23.9 Å². The highest BCUT2D eigenvalue weighted by atomic mass is 32.2. The molecule has 0 aliphatic carbocycles. The zero-order valence-corrected chi connectivity index (χ0v) is 13.2. The van der Waals surface area contributed by atoms with E-state index >= 15 is 0 Å². The number of halogens is 2. The molecule has 0 radical (unpaired) electrons. The van der Waals surface area contributed by atoms with Crippen LogP contribution >= 0.6 is 11.8 Å². The van der Waals surface area contributed by atoms with Crippen LogP contribution < -0.4 is 11.1 Å². The van der Waals surface area contributed by atoms with Crippen LogP contribution in [-0.2, 0) is 9.59 Å². The third kappa shape index (κ3) is 6.40. The van der Waals surface area contributed by atoms with Crippen molar-refractivity contribution in [1.82, 2.24) is 4.90 Å². The van der Waals surface area contributed by atoms with E-state index in [0.29, 0.717) is 17.4 Å². The average Bonchev–Trinajstić information content (AvgIpc) is 2.39. The van der Waals surface area contributed by atoms with Crippen LogP contribution in [0.15, 0.2) is 29.2 Å². The summed E-state index contributed by atoms with van der Waals surface area (Å²) in [6, 6.07) is 6.28. The van der Waals surface area contributed by atoms with Gasteiger partial charge in [0.25, 0.3) is 5.76 Å². The highest BCUT2D eigenvalue weighted by molar-refractivity contribution is 7.99. The van der Waals surface area contributed by atoms with Crippen molar-refractivity contribution in [3.8, 4) is 0 Å². The number of nitrogens with zero attached hydrogens (tertiary/aromatic N) is 1. The van der Waals surface area contributed by atoms with Crippen molar-refractivity contribution < 1.29 is 18.4 Å². The molecule has 0 heterocycles. The Morgan fingerprint density at radius 3 is 2.45 bits per heavy atom. The van der Waals surface area contributed by atoms with E-state index < -0.39 is 17.6 Å². The maximum atomic E-state index is 12.5. The Labute approximate surface area is 132 Å². The number of thioether (sulfide) groups is 1. The van der Waals surface area contributed by atoms with Crippen molar-refractivity contribution in [3.63, 3.8) is 0 Å². The molecule has 0 saturated heterocycles. The van der Waals surface area contributed by atoms with E-state index in [4.69, 9.17) is 5.73 Å². The third-order valence-electron chi connectivity index (χ3n) is 2.81. The largest absolute Gasteiger partial charge is 0.369 e. The van der Waals surface area contributed by atoms with Crippen LogP contribution in [0.1, 0.15) is 13.8 Å². The molecule has 2 amide bonds. The van der Waals surface area contributed by atoms with Crippen molar-refractivity contribution in [2.24, 2.45) is 5.73 Å². The first-order chi connectivity index (χ1) is 10.3. The van der Waals surface area contributed by atoms with Crippen molar-refractivity contribution in [2.45, 2.75) is 30.5 Å². The second kappa shape index (κ2) is 8.70. The summed E-state index contributed by atoms with van der Waals surface area (Å²) in [5.74, 6) is -3.49. The lowest BCUT2D eigenvalue weighted by Crippen LogP contribution is -2.43. The van der Waals surface area contributed by atoms with Crippen molar-refractivity contribution in [2.75, 3.05) is 18.4 Å². The van der Waals surface area contributed by atoms with Crippen LogP contribution in [-0.4, -0.2) is 41.6 Å². The normalized spacial score (nSPS) is 11.2. The molecule has 0 atom stereocenters. The van der Waals surface area contributed by atoms with Gasteiger partial charge in [-0.2, -0.15) is 8.78 Å². The molecule has 8 heteroatoms. The Hall–Kier alpha value is -1.67. The summed E-state index contributed by atoms with van der Waals surface area (Å²) >= 11 is 0.367. The number of primary amides is 1. The molecule has 0 bridgehead atoms. The number of benzene rings is 1. The van der Waals surface area contributed by atoms with Gasteiger partial charge in [0, 0.05) is 10.9 Å². The van der Waals surface area contributed by atoms with Crippen molar-refractivity contribution >= 4 is 29.3 Å². The summed E-state index contributed by atoms with van der Waals surface area (Å²) in [5.41, 5.74) is 5.46. The number of anilines is 1. The lowest BCUT2D eigenvalue weighted by molar-refractivity contribution is -0.121. The number of para-hydroxylation sites is 1. The fourth-order valence-electron chi connectivity index (χ4n) is 1.76. The molecule has 1 rings (SSSR count). The second-order valence-corrected chi connectivity index (χ2v) is 5.92. The van der Waals surface area contributed by atoms with Gasteiger partial charge in [0.1, 0.15) is 0 Å². The Kier molecular flexibility index (Phi) is 7.26. The average molecular weight is 331 g/mol. The Morgan fingerprint density at radius 2 is 1.91 bits per heavy atom. The van der Waals surface area contributed by atoms with Crippen LogP contribution in [0, 0.1) is 0 Å². The van der Waals surface area contributed by atoms with Crippen LogP contribution in [0.2, 0.25) is 0 Å². The minimum atomic E-state index is -2.57. The Bertz CT molecular complexity index is 527. The monoisotopic (exact) mass is 331 g/mol. The number of carbonyl (C=O) groups excluding carboxylic acids is 2.